The van der Waals surface area contributed by atoms with Crippen molar-refractivity contribution in [3.8, 4) is 5.75 Å². The summed E-state index contributed by atoms with van der Waals surface area (Å²) in [4.78, 5) is 36.5. The molecule has 0 bridgehead atoms. The zero-order valence-electron chi connectivity index (χ0n) is 20.9. The summed E-state index contributed by atoms with van der Waals surface area (Å²) in [5.41, 5.74) is -0.0186. The van der Waals surface area contributed by atoms with Crippen molar-refractivity contribution in [2.75, 3.05) is 6.61 Å². The van der Waals surface area contributed by atoms with Crippen LogP contribution in [0.4, 0.5) is 0 Å². The Morgan fingerprint density at radius 1 is 1.00 bits per heavy atom. The first kappa shape index (κ1) is 24.5. The molecule has 1 N–H and O–H groups in total. The van der Waals surface area contributed by atoms with Gasteiger partial charge in [0, 0.05) is 44.6 Å². The fourth-order valence-corrected chi connectivity index (χ4v) is 6.84. The van der Waals surface area contributed by atoms with Gasteiger partial charge in [-0.2, -0.15) is 0 Å². The molecule has 0 amide bonds. The Morgan fingerprint density at radius 2 is 1.62 bits per heavy atom. The molecule has 34 heavy (non-hydrogen) atoms. The minimum absolute atomic E-state index is 0.212. The average Bonchev–Trinajstić information content (AvgIpc) is 3.17. The van der Waals surface area contributed by atoms with E-state index in [2.05, 4.69) is 0 Å². The molecule has 1 aromatic carbocycles. The lowest BCUT2D eigenvalue weighted by Crippen LogP contribution is -2.78. The minimum Gasteiger partial charge on any atom is -0.493 e. The third-order valence-corrected chi connectivity index (χ3v) is 8.19. The van der Waals surface area contributed by atoms with Gasteiger partial charge in [-0.1, -0.05) is 13.8 Å². The van der Waals surface area contributed by atoms with Crippen LogP contribution in [0.15, 0.2) is 6.07 Å². The van der Waals surface area contributed by atoms with E-state index < -0.39 is 52.7 Å². The van der Waals surface area contributed by atoms with Crippen molar-refractivity contribution in [2.24, 2.45) is 5.41 Å². The summed E-state index contributed by atoms with van der Waals surface area (Å²) < 4.78 is 23.2. The van der Waals surface area contributed by atoms with Crippen LogP contribution in [0.1, 0.15) is 70.2 Å². The van der Waals surface area contributed by atoms with Crippen LogP contribution in [-0.4, -0.2) is 53.5 Å². The Hall–Kier alpha value is -2.61. The molecule has 1 heterocycles. The van der Waals surface area contributed by atoms with E-state index in [9.17, 15) is 19.5 Å². The molecule has 0 spiro atoms. The minimum atomic E-state index is -1.64. The highest BCUT2D eigenvalue weighted by molar-refractivity contribution is 5.69. The maximum atomic E-state index is 12.7. The standard InChI is InChI=1S/C26H34O8/c1-13-17-8-9-31-20(17)11-19-18(13)10-22(33-15(3)28)26(30)24(5,6)12-21(32-14(2)27)23(25(19,26)7)34-16(4)29/h11,21-23,30H,8-10,12H2,1-7H3/t21-,22-,23-,25-,26+/m0/s1. The highest BCUT2D eigenvalue weighted by Crippen LogP contribution is 2.62. The second kappa shape index (κ2) is 7.97. The van der Waals surface area contributed by atoms with Crippen molar-refractivity contribution in [1.82, 2.24) is 0 Å². The predicted molar refractivity (Wildman–Crippen MR) is 121 cm³/mol. The van der Waals surface area contributed by atoms with Gasteiger partial charge in [0.2, 0.25) is 0 Å². The molecule has 0 aromatic heterocycles. The first-order valence-corrected chi connectivity index (χ1v) is 11.8. The van der Waals surface area contributed by atoms with Gasteiger partial charge in [0.05, 0.1) is 12.0 Å². The Balaban J connectivity index is 2.05. The van der Waals surface area contributed by atoms with Gasteiger partial charge in [-0.05, 0) is 43.0 Å². The third kappa shape index (κ3) is 3.33. The first-order chi connectivity index (χ1) is 15.7. The molecule has 0 unspecified atom stereocenters. The molecular formula is C26H34O8. The number of ether oxygens (including phenoxy) is 4. The number of carbonyl (C=O) groups excluding carboxylic acids is 3. The summed E-state index contributed by atoms with van der Waals surface area (Å²) in [7, 11) is 0. The number of esters is 3. The van der Waals surface area contributed by atoms with Crippen LogP contribution in [0.5, 0.6) is 5.75 Å². The van der Waals surface area contributed by atoms with Crippen molar-refractivity contribution >= 4 is 17.9 Å². The monoisotopic (exact) mass is 474 g/mol. The van der Waals surface area contributed by atoms with E-state index in [1.54, 1.807) is 0 Å². The van der Waals surface area contributed by atoms with Crippen molar-refractivity contribution in [2.45, 2.75) is 97.1 Å². The molecular weight excluding hydrogens is 440 g/mol. The van der Waals surface area contributed by atoms with E-state index in [0.29, 0.717) is 13.0 Å². The van der Waals surface area contributed by atoms with Gasteiger partial charge in [-0.25, -0.2) is 0 Å². The van der Waals surface area contributed by atoms with Gasteiger partial charge in [0.25, 0.3) is 0 Å². The van der Waals surface area contributed by atoms with Crippen LogP contribution >= 0.6 is 0 Å². The lowest BCUT2D eigenvalue weighted by atomic mass is 9.44. The number of hydrogen-bond donors (Lipinski definition) is 1. The van der Waals surface area contributed by atoms with Crippen LogP contribution in [0.2, 0.25) is 0 Å². The van der Waals surface area contributed by atoms with Gasteiger partial charge < -0.3 is 24.1 Å². The van der Waals surface area contributed by atoms with Crippen LogP contribution in [0.25, 0.3) is 0 Å². The van der Waals surface area contributed by atoms with E-state index in [-0.39, 0.29) is 6.42 Å². The van der Waals surface area contributed by atoms with Crippen LogP contribution in [0.3, 0.4) is 0 Å². The second-order valence-electron chi connectivity index (χ2n) is 10.6. The Morgan fingerprint density at radius 3 is 2.21 bits per heavy atom. The molecule has 1 saturated carbocycles. The number of fused-ring (bicyclic) bond motifs is 4. The van der Waals surface area contributed by atoms with Gasteiger partial charge >= 0.3 is 17.9 Å². The fraction of sp³-hybridized carbons (Fsp3) is 0.654. The van der Waals surface area contributed by atoms with Crippen LogP contribution in [0, 0.1) is 12.3 Å². The number of carbonyl (C=O) groups is 3. The molecule has 186 valence electrons. The van der Waals surface area contributed by atoms with Crippen LogP contribution in [-0.2, 0) is 46.9 Å². The third-order valence-electron chi connectivity index (χ3n) is 8.19. The maximum Gasteiger partial charge on any atom is 0.303 e. The zero-order chi connectivity index (χ0) is 25.2. The Labute approximate surface area is 199 Å². The van der Waals surface area contributed by atoms with Crippen molar-refractivity contribution in [1.29, 1.82) is 0 Å². The summed E-state index contributed by atoms with van der Waals surface area (Å²) in [5.74, 6) is -0.836. The van der Waals surface area contributed by atoms with E-state index >= 15 is 0 Å². The van der Waals surface area contributed by atoms with Gasteiger partial charge in [-0.15, -0.1) is 0 Å². The first-order valence-electron chi connectivity index (χ1n) is 11.8. The molecule has 1 fully saturated rings. The molecule has 1 aromatic rings. The molecule has 4 rings (SSSR count). The summed E-state index contributed by atoms with van der Waals surface area (Å²) in [5, 5.41) is 12.7. The maximum absolute atomic E-state index is 12.7. The summed E-state index contributed by atoms with van der Waals surface area (Å²) in [6, 6.07) is 1.92. The quantitative estimate of drug-likeness (QED) is 0.526. The lowest BCUT2D eigenvalue weighted by molar-refractivity contribution is -0.275. The van der Waals surface area contributed by atoms with E-state index in [1.165, 1.54) is 20.8 Å². The van der Waals surface area contributed by atoms with E-state index in [4.69, 9.17) is 18.9 Å². The Bertz CT molecular complexity index is 1060. The molecule has 0 saturated heterocycles. The van der Waals surface area contributed by atoms with Gasteiger partial charge in [0.1, 0.15) is 23.6 Å². The SMILES string of the molecule is CC(=O)O[C@H]1CC(C)(C)[C@]2(O)[C@@H](OC(C)=O)Cc3c(cc4c(c3C)CCO4)[C@@]2(C)[C@H]1OC(C)=O. The topological polar surface area (TPSA) is 108 Å². The average molecular weight is 475 g/mol. The van der Waals surface area contributed by atoms with E-state index in [0.717, 1.165) is 34.4 Å². The fourth-order valence-electron chi connectivity index (χ4n) is 6.84. The van der Waals surface area contributed by atoms with E-state index in [1.807, 2.05) is 33.8 Å². The highest BCUT2D eigenvalue weighted by atomic mass is 16.6. The summed E-state index contributed by atoms with van der Waals surface area (Å²) in [6.07, 6.45) is -1.42. The summed E-state index contributed by atoms with van der Waals surface area (Å²) >= 11 is 0. The van der Waals surface area contributed by atoms with Gasteiger partial charge in [-0.3, -0.25) is 14.4 Å². The molecule has 0 radical (unpaired) electrons. The molecule has 2 aliphatic carbocycles. The second-order valence-corrected chi connectivity index (χ2v) is 10.6. The van der Waals surface area contributed by atoms with Crippen molar-refractivity contribution < 1.29 is 38.4 Å². The normalized spacial score (nSPS) is 33.0. The number of benzene rings is 1. The number of hydrogen-bond acceptors (Lipinski definition) is 8. The largest absolute Gasteiger partial charge is 0.493 e. The summed E-state index contributed by atoms with van der Waals surface area (Å²) in [6.45, 7) is 12.0. The molecule has 3 aliphatic rings. The molecule has 1 aliphatic heterocycles. The number of rotatable bonds is 3. The Kier molecular flexibility index (Phi) is 5.75. The zero-order valence-corrected chi connectivity index (χ0v) is 20.9. The lowest BCUT2D eigenvalue weighted by Gasteiger charge is -2.65. The molecule has 8 heteroatoms. The van der Waals surface area contributed by atoms with Crippen LogP contribution < -0.4 is 4.74 Å². The smallest absolute Gasteiger partial charge is 0.303 e. The van der Waals surface area contributed by atoms with Crippen molar-refractivity contribution in [3.63, 3.8) is 0 Å². The van der Waals surface area contributed by atoms with Crippen molar-refractivity contribution in [3.05, 3.63) is 28.3 Å². The predicted octanol–water partition coefficient (Wildman–Crippen LogP) is 2.70. The highest BCUT2D eigenvalue weighted by Gasteiger charge is 2.73. The van der Waals surface area contributed by atoms with Gasteiger partial charge in [0.15, 0.2) is 6.10 Å². The molecule has 5 atom stereocenters. The molecule has 8 nitrogen and oxygen atoms in total. The number of aliphatic hydroxyl groups is 1.